The van der Waals surface area contributed by atoms with Gasteiger partial charge in [-0.2, -0.15) is 15.0 Å². The van der Waals surface area contributed by atoms with Gasteiger partial charge in [0.1, 0.15) is 5.69 Å². The molecule has 8 rings (SSSR count). The van der Waals surface area contributed by atoms with Crippen LogP contribution < -0.4 is 9.91 Å². The molecule has 1 aromatic heterocycles. The molecular weight excluding hydrogens is 480 g/mol. The zero-order valence-corrected chi connectivity index (χ0v) is 20.1. The second-order valence-electron chi connectivity index (χ2n) is 10.0. The van der Waals surface area contributed by atoms with E-state index in [2.05, 4.69) is 5.10 Å². The standard InChI is InChI=1S/C29H22N6O3/c36-28-21-22(29(37)33(28)17-10-4-1-5-11-17)27-25-23(26(21)38-27)24(32-34(25)18-12-6-2-7-13-18)20-16-30-35(31-20)19-14-8-3-9-15-19/h1-16,21-23,25-27H/t21-,22+,23+,25-,26-,27+/m0/s1. The fraction of sp³-hybridized carbons (Fsp3) is 0.207. The second kappa shape index (κ2) is 7.93. The summed E-state index contributed by atoms with van der Waals surface area (Å²) in [4.78, 5) is 30.3. The monoisotopic (exact) mass is 502 g/mol. The molecule has 2 amide bonds. The Bertz CT molecular complexity index is 1590. The molecule has 4 aliphatic heterocycles. The van der Waals surface area contributed by atoms with E-state index in [9.17, 15) is 9.59 Å². The molecule has 2 bridgehead atoms. The van der Waals surface area contributed by atoms with Crippen LogP contribution in [0.15, 0.2) is 102 Å². The van der Waals surface area contributed by atoms with Gasteiger partial charge in [0.15, 0.2) is 0 Å². The number of para-hydroxylation sites is 3. The van der Waals surface area contributed by atoms with Gasteiger partial charge >= 0.3 is 0 Å². The summed E-state index contributed by atoms with van der Waals surface area (Å²) < 4.78 is 6.48. The van der Waals surface area contributed by atoms with Crippen LogP contribution in [0.25, 0.3) is 5.69 Å². The van der Waals surface area contributed by atoms with Crippen LogP contribution in [0.4, 0.5) is 11.4 Å². The van der Waals surface area contributed by atoms with Crippen molar-refractivity contribution in [1.29, 1.82) is 0 Å². The topological polar surface area (TPSA) is 92.9 Å². The van der Waals surface area contributed by atoms with E-state index in [-0.39, 0.29) is 23.8 Å². The molecule has 0 aliphatic carbocycles. The molecular formula is C29H22N6O3. The van der Waals surface area contributed by atoms with Crippen LogP contribution in [0.5, 0.6) is 0 Å². The van der Waals surface area contributed by atoms with Gasteiger partial charge in [-0.05, 0) is 36.4 Å². The lowest BCUT2D eigenvalue weighted by Gasteiger charge is -2.32. The van der Waals surface area contributed by atoms with Crippen LogP contribution in [0, 0.1) is 17.8 Å². The number of carbonyl (C=O) groups excluding carboxylic acids is 2. The Balaban J connectivity index is 1.21. The van der Waals surface area contributed by atoms with Crippen molar-refractivity contribution in [2.45, 2.75) is 18.2 Å². The van der Waals surface area contributed by atoms with Gasteiger partial charge in [0, 0.05) is 0 Å². The lowest BCUT2D eigenvalue weighted by atomic mass is 9.70. The van der Waals surface area contributed by atoms with Crippen molar-refractivity contribution in [3.05, 3.63) is 103 Å². The normalized spacial score (nSPS) is 29.1. The summed E-state index contributed by atoms with van der Waals surface area (Å²) in [5.74, 6) is -1.74. The molecule has 4 aromatic rings. The fourth-order valence-corrected chi connectivity index (χ4v) is 6.54. The predicted molar refractivity (Wildman–Crippen MR) is 139 cm³/mol. The zero-order chi connectivity index (χ0) is 25.4. The molecule has 0 radical (unpaired) electrons. The highest BCUT2D eigenvalue weighted by Gasteiger charge is 2.72. The van der Waals surface area contributed by atoms with Crippen molar-refractivity contribution in [3.63, 3.8) is 0 Å². The van der Waals surface area contributed by atoms with E-state index in [1.165, 1.54) is 4.90 Å². The SMILES string of the molecule is O=C1[C@@H]2[C@@H]3O[C@H]([C@@H]2C(=O)N1c1ccccc1)[C@@H]1[C@H]3C(c2cnn(-c3ccccc3)n2)=NN1c1ccccc1. The van der Waals surface area contributed by atoms with Crippen LogP contribution in [-0.2, 0) is 14.3 Å². The van der Waals surface area contributed by atoms with Gasteiger partial charge in [0.2, 0.25) is 11.8 Å². The highest BCUT2D eigenvalue weighted by atomic mass is 16.5. The van der Waals surface area contributed by atoms with Crippen molar-refractivity contribution in [3.8, 4) is 5.69 Å². The quantitative estimate of drug-likeness (QED) is 0.399. The number of aromatic nitrogens is 3. The molecule has 186 valence electrons. The highest BCUT2D eigenvalue weighted by Crippen LogP contribution is 2.56. The largest absolute Gasteiger partial charge is 0.370 e. The number of anilines is 2. The number of imide groups is 1. The van der Waals surface area contributed by atoms with Gasteiger partial charge in [-0.15, -0.1) is 5.10 Å². The number of amides is 2. The van der Waals surface area contributed by atoms with Gasteiger partial charge < -0.3 is 4.74 Å². The van der Waals surface area contributed by atoms with Gasteiger partial charge in [-0.3, -0.25) is 14.6 Å². The maximum Gasteiger partial charge on any atom is 0.240 e. The Morgan fingerprint density at radius 3 is 1.89 bits per heavy atom. The molecule has 3 aromatic carbocycles. The molecule has 0 saturated carbocycles. The number of hydrazone groups is 1. The van der Waals surface area contributed by atoms with E-state index < -0.39 is 24.0 Å². The maximum atomic E-state index is 13.7. The molecule has 9 nitrogen and oxygen atoms in total. The van der Waals surface area contributed by atoms with Gasteiger partial charge in [-0.25, -0.2) is 4.90 Å². The molecule has 38 heavy (non-hydrogen) atoms. The van der Waals surface area contributed by atoms with Crippen LogP contribution >= 0.6 is 0 Å². The Morgan fingerprint density at radius 2 is 1.24 bits per heavy atom. The first-order valence-corrected chi connectivity index (χ1v) is 12.7. The van der Waals surface area contributed by atoms with E-state index in [1.807, 2.05) is 83.9 Å². The minimum Gasteiger partial charge on any atom is -0.370 e. The summed E-state index contributed by atoms with van der Waals surface area (Å²) >= 11 is 0. The van der Waals surface area contributed by atoms with E-state index in [0.29, 0.717) is 11.4 Å². The third kappa shape index (κ3) is 2.87. The first kappa shape index (κ1) is 21.5. The van der Waals surface area contributed by atoms with E-state index in [1.54, 1.807) is 23.1 Å². The average molecular weight is 503 g/mol. The summed E-state index contributed by atoms with van der Waals surface area (Å²) in [7, 11) is 0. The minimum atomic E-state index is -0.556. The number of benzene rings is 3. The average Bonchev–Trinajstić information content (AvgIpc) is 3.77. The van der Waals surface area contributed by atoms with Crippen molar-refractivity contribution >= 4 is 28.9 Å². The first-order valence-electron chi connectivity index (χ1n) is 12.7. The number of nitrogens with zero attached hydrogens (tertiary/aromatic N) is 6. The zero-order valence-electron chi connectivity index (χ0n) is 20.1. The Labute approximate surface area is 217 Å². The van der Waals surface area contributed by atoms with Gasteiger partial charge in [0.05, 0.1) is 65.0 Å². The molecule has 0 unspecified atom stereocenters. The van der Waals surface area contributed by atoms with Crippen molar-refractivity contribution in [2.75, 3.05) is 9.91 Å². The number of ether oxygens (including phenoxy) is 1. The van der Waals surface area contributed by atoms with E-state index >= 15 is 0 Å². The molecule has 5 heterocycles. The lowest BCUT2D eigenvalue weighted by Crippen LogP contribution is -2.50. The van der Waals surface area contributed by atoms with Crippen molar-refractivity contribution in [2.24, 2.45) is 22.9 Å². The molecule has 4 aliphatic rings. The predicted octanol–water partition coefficient (Wildman–Crippen LogP) is 3.06. The number of fused-ring (bicyclic) bond motifs is 8. The van der Waals surface area contributed by atoms with Crippen molar-refractivity contribution in [1.82, 2.24) is 15.0 Å². The fourth-order valence-electron chi connectivity index (χ4n) is 6.54. The Hall–Kier alpha value is -4.63. The number of hydrogen-bond acceptors (Lipinski definition) is 7. The Morgan fingerprint density at radius 1 is 0.658 bits per heavy atom. The third-order valence-corrected chi connectivity index (χ3v) is 8.07. The molecule has 0 spiro atoms. The van der Waals surface area contributed by atoms with Crippen LogP contribution in [-0.4, -0.2) is 50.8 Å². The maximum absolute atomic E-state index is 13.7. The molecule has 6 atom stereocenters. The van der Waals surface area contributed by atoms with Crippen LogP contribution in [0.1, 0.15) is 5.69 Å². The number of rotatable bonds is 4. The summed E-state index contributed by atoms with van der Waals surface area (Å²) in [6.07, 6.45) is 0.763. The lowest BCUT2D eigenvalue weighted by molar-refractivity contribution is -0.125. The Kier molecular flexibility index (Phi) is 4.48. The van der Waals surface area contributed by atoms with Crippen LogP contribution in [0.2, 0.25) is 0 Å². The smallest absolute Gasteiger partial charge is 0.240 e. The number of carbonyl (C=O) groups is 2. The van der Waals surface area contributed by atoms with E-state index in [0.717, 1.165) is 17.1 Å². The third-order valence-electron chi connectivity index (χ3n) is 8.07. The number of hydrogen-bond donors (Lipinski definition) is 0. The molecule has 0 N–H and O–H groups in total. The first-order chi connectivity index (χ1) is 18.7. The molecule has 3 saturated heterocycles. The van der Waals surface area contributed by atoms with Gasteiger partial charge in [-0.1, -0.05) is 54.6 Å². The molecule has 3 fully saturated rings. The summed E-state index contributed by atoms with van der Waals surface area (Å²) in [6, 6.07) is 28.4. The van der Waals surface area contributed by atoms with E-state index in [4.69, 9.17) is 14.9 Å². The molecule has 9 heteroatoms. The van der Waals surface area contributed by atoms with Crippen molar-refractivity contribution < 1.29 is 14.3 Å². The van der Waals surface area contributed by atoms with Crippen LogP contribution in [0.3, 0.4) is 0 Å². The summed E-state index contributed by atoms with van der Waals surface area (Å²) in [6.45, 7) is 0. The minimum absolute atomic E-state index is 0.200. The summed E-state index contributed by atoms with van der Waals surface area (Å²) in [5.41, 5.74) is 3.70. The summed E-state index contributed by atoms with van der Waals surface area (Å²) in [5, 5.41) is 16.2. The van der Waals surface area contributed by atoms with Gasteiger partial charge in [0.25, 0.3) is 0 Å². The second-order valence-corrected chi connectivity index (χ2v) is 10.0. The highest BCUT2D eigenvalue weighted by molar-refractivity contribution is 6.23.